The predicted molar refractivity (Wildman–Crippen MR) is 96.4 cm³/mol. The average molecular weight is 357 g/mol. The normalized spacial score (nSPS) is 12.0. The van der Waals surface area contributed by atoms with E-state index in [0.29, 0.717) is 25.7 Å². The molecule has 0 aliphatic carbocycles. The second-order valence-corrected chi connectivity index (χ2v) is 7.44. The summed E-state index contributed by atoms with van der Waals surface area (Å²) < 4.78 is 32.7. The minimum absolute atomic E-state index is 0.0430. The quantitative estimate of drug-likeness (QED) is 0.344. The van der Waals surface area contributed by atoms with Crippen LogP contribution in [0.4, 0.5) is 0 Å². The molecule has 0 spiro atoms. The molecule has 0 heterocycles. The van der Waals surface area contributed by atoms with E-state index in [0.717, 1.165) is 18.7 Å². The minimum atomic E-state index is -2.96. The number of hydrogen-bond acceptors (Lipinski definition) is 5. The van der Waals surface area contributed by atoms with E-state index in [1.165, 1.54) is 6.26 Å². The van der Waals surface area contributed by atoms with Crippen LogP contribution in [0, 0.1) is 0 Å². The van der Waals surface area contributed by atoms with Crippen molar-refractivity contribution in [2.75, 3.05) is 52.0 Å². The summed E-state index contributed by atoms with van der Waals surface area (Å²) in [4.78, 5) is 4.10. The number of sulfone groups is 1. The van der Waals surface area contributed by atoms with Gasteiger partial charge in [-0.05, 0) is 18.6 Å². The molecule has 2 N–H and O–H groups in total. The van der Waals surface area contributed by atoms with E-state index in [1.54, 1.807) is 7.05 Å². The van der Waals surface area contributed by atoms with Crippen molar-refractivity contribution in [1.82, 2.24) is 10.6 Å². The first-order chi connectivity index (χ1) is 11.5. The number of aliphatic imine (C=N–C) groups is 1. The highest BCUT2D eigenvalue weighted by molar-refractivity contribution is 7.90. The summed E-state index contributed by atoms with van der Waals surface area (Å²) in [6.07, 6.45) is 2.04. The lowest BCUT2D eigenvalue weighted by Gasteiger charge is -2.12. The molecule has 0 radical (unpaired) electrons. The lowest BCUT2D eigenvalue weighted by Crippen LogP contribution is -2.39. The SMILES string of the molecule is CN=C(NCCCOc1ccccc1)NCCOCCS(C)(=O)=O. The number of nitrogens with one attached hydrogen (secondary N) is 2. The molecule has 0 fully saturated rings. The van der Waals surface area contributed by atoms with Gasteiger partial charge in [0, 0.05) is 26.4 Å². The maximum Gasteiger partial charge on any atom is 0.191 e. The zero-order valence-electron chi connectivity index (χ0n) is 14.3. The van der Waals surface area contributed by atoms with E-state index in [1.807, 2.05) is 30.3 Å². The van der Waals surface area contributed by atoms with Crippen LogP contribution in [0.2, 0.25) is 0 Å². The lowest BCUT2D eigenvalue weighted by atomic mass is 10.3. The van der Waals surface area contributed by atoms with Crippen LogP contribution in [0.15, 0.2) is 35.3 Å². The van der Waals surface area contributed by atoms with E-state index in [4.69, 9.17) is 9.47 Å². The second-order valence-electron chi connectivity index (χ2n) is 5.18. The molecule has 0 unspecified atom stereocenters. The molecule has 8 heteroatoms. The summed E-state index contributed by atoms with van der Waals surface area (Å²) in [7, 11) is -1.27. The van der Waals surface area contributed by atoms with Gasteiger partial charge in [0.05, 0.1) is 25.6 Å². The smallest absolute Gasteiger partial charge is 0.191 e. The summed E-state index contributed by atoms with van der Waals surface area (Å²) in [5.41, 5.74) is 0. The Morgan fingerprint density at radius 2 is 1.79 bits per heavy atom. The highest BCUT2D eigenvalue weighted by atomic mass is 32.2. The van der Waals surface area contributed by atoms with Crippen molar-refractivity contribution >= 4 is 15.8 Å². The fourth-order valence-corrected chi connectivity index (χ4v) is 2.18. The van der Waals surface area contributed by atoms with Crippen LogP contribution < -0.4 is 15.4 Å². The zero-order chi connectivity index (χ0) is 17.7. The number of ether oxygens (including phenoxy) is 2. The summed E-state index contributed by atoms with van der Waals surface area (Å²) in [5.74, 6) is 1.59. The van der Waals surface area contributed by atoms with Crippen LogP contribution in [-0.2, 0) is 14.6 Å². The van der Waals surface area contributed by atoms with Crippen LogP contribution in [0.5, 0.6) is 5.75 Å². The summed E-state index contributed by atoms with van der Waals surface area (Å²) >= 11 is 0. The minimum Gasteiger partial charge on any atom is -0.494 e. The van der Waals surface area contributed by atoms with E-state index in [2.05, 4.69) is 15.6 Å². The summed E-state index contributed by atoms with van der Waals surface area (Å²) in [6.45, 7) is 2.56. The molecule has 1 aromatic carbocycles. The maximum atomic E-state index is 10.9. The Kier molecular flexibility index (Phi) is 9.86. The van der Waals surface area contributed by atoms with Crippen LogP contribution in [-0.4, -0.2) is 66.3 Å². The molecule has 0 amide bonds. The second kappa shape index (κ2) is 11.7. The molecule has 0 atom stereocenters. The molecule has 0 saturated heterocycles. The number of hydrogen-bond donors (Lipinski definition) is 2. The molecule has 24 heavy (non-hydrogen) atoms. The predicted octanol–water partition coefficient (Wildman–Crippen LogP) is 0.682. The third-order valence-corrected chi connectivity index (χ3v) is 3.89. The number of para-hydroxylation sites is 1. The molecule has 0 bridgehead atoms. The van der Waals surface area contributed by atoms with Crippen molar-refractivity contribution in [1.29, 1.82) is 0 Å². The summed E-state index contributed by atoms with van der Waals surface area (Å²) in [5, 5.41) is 6.28. The molecule has 0 saturated carbocycles. The Labute approximate surface area is 144 Å². The van der Waals surface area contributed by atoms with Gasteiger partial charge in [-0.2, -0.15) is 0 Å². The van der Waals surface area contributed by atoms with Crippen molar-refractivity contribution in [3.05, 3.63) is 30.3 Å². The highest BCUT2D eigenvalue weighted by Gasteiger charge is 2.01. The van der Waals surface area contributed by atoms with Crippen molar-refractivity contribution in [3.8, 4) is 5.75 Å². The van der Waals surface area contributed by atoms with Crippen molar-refractivity contribution in [2.24, 2.45) is 4.99 Å². The number of nitrogens with zero attached hydrogens (tertiary/aromatic N) is 1. The fourth-order valence-electron chi connectivity index (χ4n) is 1.76. The van der Waals surface area contributed by atoms with Crippen molar-refractivity contribution < 1.29 is 17.9 Å². The Morgan fingerprint density at radius 1 is 1.08 bits per heavy atom. The number of guanidine groups is 1. The third kappa shape index (κ3) is 10.8. The molecule has 1 aromatic rings. The van der Waals surface area contributed by atoms with Crippen molar-refractivity contribution in [2.45, 2.75) is 6.42 Å². The third-order valence-electron chi connectivity index (χ3n) is 2.99. The van der Waals surface area contributed by atoms with Gasteiger partial charge in [-0.15, -0.1) is 0 Å². The monoisotopic (exact) mass is 357 g/mol. The van der Waals surface area contributed by atoms with E-state index in [9.17, 15) is 8.42 Å². The van der Waals surface area contributed by atoms with Gasteiger partial charge in [-0.3, -0.25) is 4.99 Å². The summed E-state index contributed by atoms with van der Waals surface area (Å²) in [6, 6.07) is 9.69. The first-order valence-corrected chi connectivity index (χ1v) is 9.95. The Morgan fingerprint density at radius 3 is 2.46 bits per heavy atom. The van der Waals surface area contributed by atoms with Crippen LogP contribution in [0.1, 0.15) is 6.42 Å². The molecular weight excluding hydrogens is 330 g/mol. The standard InChI is InChI=1S/C16H27N3O4S/c1-17-16(19-10-12-22-13-14-24(2,20)21)18-9-6-11-23-15-7-4-3-5-8-15/h3-5,7-8H,6,9-14H2,1-2H3,(H2,17,18,19). The maximum absolute atomic E-state index is 10.9. The molecule has 0 aliphatic heterocycles. The molecule has 0 aliphatic rings. The molecule has 7 nitrogen and oxygen atoms in total. The van der Waals surface area contributed by atoms with Gasteiger partial charge < -0.3 is 20.1 Å². The van der Waals surface area contributed by atoms with Crippen molar-refractivity contribution in [3.63, 3.8) is 0 Å². The van der Waals surface area contributed by atoms with Crippen LogP contribution in [0.3, 0.4) is 0 Å². The zero-order valence-corrected chi connectivity index (χ0v) is 15.1. The topological polar surface area (TPSA) is 89.0 Å². The average Bonchev–Trinajstić information content (AvgIpc) is 2.55. The number of benzene rings is 1. The van der Waals surface area contributed by atoms with E-state index < -0.39 is 9.84 Å². The Bertz CT molecular complexity index is 576. The lowest BCUT2D eigenvalue weighted by molar-refractivity contribution is 0.154. The Hall–Kier alpha value is -1.80. The van der Waals surface area contributed by atoms with Gasteiger partial charge in [0.15, 0.2) is 5.96 Å². The molecule has 1 rings (SSSR count). The van der Waals surface area contributed by atoms with Gasteiger partial charge in [0.2, 0.25) is 0 Å². The highest BCUT2D eigenvalue weighted by Crippen LogP contribution is 2.07. The van der Waals surface area contributed by atoms with Gasteiger partial charge in [0.25, 0.3) is 0 Å². The van der Waals surface area contributed by atoms with Crippen LogP contribution in [0.25, 0.3) is 0 Å². The first-order valence-electron chi connectivity index (χ1n) is 7.89. The van der Waals surface area contributed by atoms with Gasteiger partial charge in [-0.25, -0.2) is 8.42 Å². The molecule has 136 valence electrons. The molecule has 0 aromatic heterocycles. The van der Waals surface area contributed by atoms with E-state index in [-0.39, 0.29) is 12.4 Å². The largest absolute Gasteiger partial charge is 0.494 e. The van der Waals surface area contributed by atoms with Gasteiger partial charge >= 0.3 is 0 Å². The first kappa shape index (κ1) is 20.2. The number of rotatable bonds is 11. The van der Waals surface area contributed by atoms with E-state index >= 15 is 0 Å². The van der Waals surface area contributed by atoms with Gasteiger partial charge in [0.1, 0.15) is 15.6 Å². The Balaban J connectivity index is 2.02. The van der Waals surface area contributed by atoms with Gasteiger partial charge in [-0.1, -0.05) is 18.2 Å². The fraction of sp³-hybridized carbons (Fsp3) is 0.562. The molecular formula is C16H27N3O4S. The van der Waals surface area contributed by atoms with Crippen LogP contribution >= 0.6 is 0 Å².